The van der Waals surface area contributed by atoms with Gasteiger partial charge in [0.25, 0.3) is 0 Å². The molecule has 0 fully saturated rings. The second kappa shape index (κ2) is 16.1. The molecule has 0 bridgehead atoms. The van der Waals surface area contributed by atoms with Gasteiger partial charge in [-0.1, -0.05) is 0 Å². The van der Waals surface area contributed by atoms with Crippen molar-refractivity contribution in [3.05, 3.63) is 0 Å². The molecule has 0 amide bonds. The Hall–Kier alpha value is 3.46. The minimum Gasteiger partial charge on any atom is 0 e. The van der Waals surface area contributed by atoms with Crippen LogP contribution in [0.2, 0.25) is 0 Å². The van der Waals surface area contributed by atoms with Crippen LogP contribution in [0.25, 0.3) is 0 Å². The predicted octanol–water partition coefficient (Wildman–Crippen LogP) is -1.51. The van der Waals surface area contributed by atoms with Crippen LogP contribution in [0.4, 0.5) is 0 Å². The van der Waals surface area contributed by atoms with E-state index in [1.807, 2.05) is 0 Å². The fourth-order valence-corrected chi connectivity index (χ4v) is 0. The summed E-state index contributed by atoms with van der Waals surface area (Å²) in [6.45, 7) is 0. The van der Waals surface area contributed by atoms with E-state index in [1.165, 1.54) is 0 Å². The zero-order valence-electron chi connectivity index (χ0n) is 1.41. The molecular formula is H6KMgPZn. The first-order valence-electron chi connectivity index (χ1n) is 0. The van der Waals surface area contributed by atoms with Crippen molar-refractivity contribution in [1.82, 2.24) is 0 Å². The Kier molecular flexibility index (Phi) is 105. The van der Waals surface area contributed by atoms with Gasteiger partial charge in [0, 0.05) is 19.5 Å². The Morgan fingerprint density at radius 3 is 1.00 bits per heavy atom. The van der Waals surface area contributed by atoms with Gasteiger partial charge in [0.15, 0.2) is 0 Å². The van der Waals surface area contributed by atoms with Crippen molar-refractivity contribution in [2.75, 3.05) is 0 Å². The second-order valence-corrected chi connectivity index (χ2v) is 0. The summed E-state index contributed by atoms with van der Waals surface area (Å²) in [5, 5.41) is 0. The molecule has 0 N–H and O–H groups in total. The van der Waals surface area contributed by atoms with Gasteiger partial charge in [0.2, 0.25) is 0 Å². The van der Waals surface area contributed by atoms with Gasteiger partial charge in [-0.2, -0.15) is 9.90 Å². The Morgan fingerprint density at radius 1 is 1.00 bits per heavy atom. The van der Waals surface area contributed by atoms with Crippen LogP contribution in [0.1, 0.15) is 0 Å². The molecule has 0 aliphatic rings. The third-order valence-corrected chi connectivity index (χ3v) is 0. The predicted molar refractivity (Wildman–Crippen MR) is 26.8 cm³/mol. The van der Waals surface area contributed by atoms with Crippen molar-refractivity contribution in [3.8, 4) is 0 Å². The van der Waals surface area contributed by atoms with Crippen LogP contribution in [-0.4, -0.2) is 74.4 Å². The fourth-order valence-electron chi connectivity index (χ4n) is 0. The van der Waals surface area contributed by atoms with Crippen LogP contribution in [-0.2, 0) is 19.5 Å². The average molecular weight is 166 g/mol. The van der Waals surface area contributed by atoms with Crippen LogP contribution in [0.15, 0.2) is 0 Å². The fraction of sp³-hybridized carbons (Fsp3) is 0. The third kappa shape index (κ3) is 9.07. The topological polar surface area (TPSA) is 0 Å². The van der Waals surface area contributed by atoms with Gasteiger partial charge in [-0.15, -0.1) is 0 Å². The first-order chi connectivity index (χ1) is 0. The van der Waals surface area contributed by atoms with Crippen LogP contribution in [0, 0.1) is 0 Å². The van der Waals surface area contributed by atoms with E-state index >= 15 is 0 Å². The first kappa shape index (κ1) is 26.0. The maximum Gasteiger partial charge on any atom is 0.316 e. The molecule has 0 aromatic heterocycles. The zero-order valence-corrected chi connectivity index (χ0v) is 5.80. The van der Waals surface area contributed by atoms with E-state index in [9.17, 15) is 0 Å². The van der Waals surface area contributed by atoms with E-state index in [0.717, 1.165) is 0 Å². The number of hydrogen-bond acceptors (Lipinski definition) is 0. The normalized spacial score (nSPS) is 0. The molecule has 1 unspecified atom stereocenters. The van der Waals surface area contributed by atoms with Crippen molar-refractivity contribution in [1.29, 1.82) is 0 Å². The van der Waals surface area contributed by atoms with Gasteiger partial charge in [-0.3, -0.25) is 0 Å². The summed E-state index contributed by atoms with van der Waals surface area (Å²) in [4.78, 5) is 0. The van der Waals surface area contributed by atoms with Crippen LogP contribution >= 0.6 is 9.90 Å². The van der Waals surface area contributed by atoms with Crippen LogP contribution < -0.4 is 0 Å². The number of hydrogen-bond donors (Lipinski definition) is 0. The van der Waals surface area contributed by atoms with Crippen molar-refractivity contribution in [2.45, 2.75) is 0 Å². The summed E-state index contributed by atoms with van der Waals surface area (Å²) in [7, 11) is 0. The first-order valence-corrected chi connectivity index (χ1v) is 0. The minimum atomic E-state index is 0. The molecule has 0 aliphatic carbocycles. The van der Waals surface area contributed by atoms with E-state index in [0.29, 0.717) is 0 Å². The third-order valence-electron chi connectivity index (χ3n) is 0. The molecule has 0 rings (SSSR count). The molecule has 0 saturated carbocycles. The molecule has 4 heavy (non-hydrogen) atoms. The summed E-state index contributed by atoms with van der Waals surface area (Å²) < 4.78 is 0. The maximum atomic E-state index is 0. The Bertz CT molecular complexity index is 8.00. The molecule has 0 spiro atoms. The monoisotopic (exact) mass is 164 g/mol. The Labute approximate surface area is 101 Å². The molecular weight excluding hydrogens is 160 g/mol. The molecule has 0 aromatic rings. The van der Waals surface area contributed by atoms with E-state index in [-0.39, 0.29) is 104 Å². The van der Waals surface area contributed by atoms with Crippen molar-refractivity contribution >= 4 is 84.3 Å². The van der Waals surface area contributed by atoms with Crippen molar-refractivity contribution in [2.24, 2.45) is 0 Å². The van der Waals surface area contributed by atoms with Gasteiger partial charge in [0.1, 0.15) is 0 Å². The van der Waals surface area contributed by atoms with Gasteiger partial charge >= 0.3 is 74.4 Å². The van der Waals surface area contributed by atoms with E-state index in [2.05, 4.69) is 0 Å². The maximum absolute atomic E-state index is 0. The molecule has 0 nitrogen and oxygen atoms in total. The van der Waals surface area contributed by atoms with E-state index < -0.39 is 0 Å². The molecule has 16 valence electrons. The second-order valence-electron chi connectivity index (χ2n) is 0. The molecule has 0 aromatic carbocycles. The van der Waals surface area contributed by atoms with Gasteiger partial charge < -0.3 is 0 Å². The van der Waals surface area contributed by atoms with Crippen molar-refractivity contribution in [3.63, 3.8) is 0 Å². The van der Waals surface area contributed by atoms with Crippen LogP contribution in [0.3, 0.4) is 0 Å². The standard InChI is InChI=1S/K.Mg.H3P.Zn.3H/h;;1H3;;;;. The Morgan fingerprint density at radius 2 is 1.00 bits per heavy atom. The molecule has 0 aliphatic heterocycles. The summed E-state index contributed by atoms with van der Waals surface area (Å²) in [6, 6.07) is 0. The largest absolute Gasteiger partial charge is 0.316 e. The van der Waals surface area contributed by atoms with Gasteiger partial charge in [0.05, 0.1) is 0 Å². The van der Waals surface area contributed by atoms with Crippen LogP contribution in [0.5, 0.6) is 0 Å². The molecule has 4 heteroatoms. The quantitative estimate of drug-likeness (QED) is 0.303. The zero-order chi connectivity index (χ0) is 0. The molecule has 0 saturated heterocycles. The summed E-state index contributed by atoms with van der Waals surface area (Å²) >= 11 is 0. The smallest absolute Gasteiger partial charge is 0 e. The summed E-state index contributed by atoms with van der Waals surface area (Å²) in [6.07, 6.45) is 0. The number of rotatable bonds is 0. The molecule has 0 radical (unpaired) electrons. The molecule has 0 heterocycles. The SMILES string of the molecule is P.[KH].[MgH2].[Zn]. The van der Waals surface area contributed by atoms with Gasteiger partial charge in [-0.05, 0) is 0 Å². The average Bonchev–Trinajstić information content (AvgIpc) is 0. The minimum absolute atomic E-state index is 0. The summed E-state index contributed by atoms with van der Waals surface area (Å²) in [5.41, 5.74) is 0. The van der Waals surface area contributed by atoms with Gasteiger partial charge in [-0.25, -0.2) is 0 Å². The van der Waals surface area contributed by atoms with E-state index in [4.69, 9.17) is 0 Å². The Balaban J connectivity index is 0. The summed E-state index contributed by atoms with van der Waals surface area (Å²) in [5.74, 6) is 0. The molecule has 1 atom stereocenters. The van der Waals surface area contributed by atoms with Crippen molar-refractivity contribution < 1.29 is 19.5 Å². The van der Waals surface area contributed by atoms with E-state index in [1.54, 1.807) is 0 Å².